The Kier molecular flexibility index (Phi) is 4.84. The number of hydrogen-bond donors (Lipinski definition) is 2. The van der Waals surface area contributed by atoms with E-state index < -0.39 is 17.5 Å². The van der Waals surface area contributed by atoms with Crippen molar-refractivity contribution in [2.75, 3.05) is 5.32 Å². The summed E-state index contributed by atoms with van der Waals surface area (Å²) in [6, 6.07) is 10.2. The van der Waals surface area contributed by atoms with E-state index in [-0.39, 0.29) is 23.3 Å². The van der Waals surface area contributed by atoms with Gasteiger partial charge in [0.05, 0.1) is 6.04 Å². The van der Waals surface area contributed by atoms with Crippen LogP contribution in [0.15, 0.2) is 48.7 Å². The van der Waals surface area contributed by atoms with Crippen LogP contribution in [0.5, 0.6) is 0 Å². The number of amides is 2. The number of anilines is 1. The first-order chi connectivity index (χ1) is 13.9. The summed E-state index contributed by atoms with van der Waals surface area (Å²) in [5.41, 5.74) is 2.39. The number of para-hydroxylation sites is 1. The number of nitrogens with zero attached hydrogens (tertiary/aromatic N) is 2. The molecule has 29 heavy (non-hydrogen) atoms. The molecule has 0 spiro atoms. The highest BCUT2D eigenvalue weighted by molar-refractivity contribution is 5.94. The zero-order valence-corrected chi connectivity index (χ0v) is 15.6. The molecule has 2 heterocycles. The van der Waals surface area contributed by atoms with Gasteiger partial charge >= 0.3 is 0 Å². The maximum atomic E-state index is 13.9. The van der Waals surface area contributed by atoms with Gasteiger partial charge in [0.1, 0.15) is 5.69 Å². The van der Waals surface area contributed by atoms with Gasteiger partial charge in [0.15, 0.2) is 17.3 Å². The second-order valence-electron chi connectivity index (χ2n) is 6.88. The van der Waals surface area contributed by atoms with Crippen molar-refractivity contribution in [3.63, 3.8) is 0 Å². The van der Waals surface area contributed by atoms with Crippen LogP contribution >= 0.6 is 0 Å². The lowest BCUT2D eigenvalue weighted by Gasteiger charge is -2.20. The number of carbonyl (C=O) groups excluding carboxylic acids is 2. The van der Waals surface area contributed by atoms with E-state index in [0.29, 0.717) is 12.8 Å². The van der Waals surface area contributed by atoms with Crippen LogP contribution in [0.1, 0.15) is 41.0 Å². The van der Waals surface area contributed by atoms with Crippen molar-refractivity contribution in [3.05, 3.63) is 77.1 Å². The maximum Gasteiger partial charge on any atom is 0.272 e. The molecule has 0 fully saturated rings. The van der Waals surface area contributed by atoms with E-state index in [0.717, 1.165) is 33.6 Å². The van der Waals surface area contributed by atoms with E-state index in [1.54, 1.807) is 0 Å². The highest BCUT2D eigenvalue weighted by atomic mass is 19.1. The van der Waals surface area contributed by atoms with Crippen LogP contribution in [0.3, 0.4) is 0 Å². The third-order valence-electron chi connectivity index (χ3n) is 4.86. The molecule has 8 heteroatoms. The Morgan fingerprint density at radius 2 is 1.93 bits per heavy atom. The zero-order chi connectivity index (χ0) is 20.5. The molecule has 1 unspecified atom stereocenters. The maximum absolute atomic E-state index is 13.9. The number of carbonyl (C=O) groups is 2. The monoisotopic (exact) mass is 396 g/mol. The first kappa shape index (κ1) is 18.8. The summed E-state index contributed by atoms with van der Waals surface area (Å²) in [4.78, 5) is 24.0. The number of aromatic nitrogens is 2. The Labute approximate surface area is 165 Å². The van der Waals surface area contributed by atoms with Gasteiger partial charge in [0, 0.05) is 18.3 Å². The molecule has 3 aromatic rings. The van der Waals surface area contributed by atoms with E-state index in [1.807, 2.05) is 25.1 Å². The normalized spacial score (nSPS) is 14.1. The third-order valence-corrected chi connectivity index (χ3v) is 4.86. The van der Waals surface area contributed by atoms with Crippen molar-refractivity contribution in [3.8, 4) is 5.69 Å². The minimum atomic E-state index is -0.769. The van der Waals surface area contributed by atoms with E-state index in [2.05, 4.69) is 15.7 Å². The molecule has 1 aromatic heterocycles. The molecule has 0 radical (unpaired) electrons. The topological polar surface area (TPSA) is 76.0 Å². The minimum absolute atomic E-state index is 0.00604. The molecule has 0 saturated carbocycles. The van der Waals surface area contributed by atoms with Crippen molar-refractivity contribution in [1.29, 1.82) is 0 Å². The summed E-state index contributed by atoms with van der Waals surface area (Å²) < 4.78 is 28.8. The fraction of sp³-hybridized carbons (Fsp3) is 0.190. The Morgan fingerprint density at radius 1 is 1.17 bits per heavy atom. The summed E-state index contributed by atoms with van der Waals surface area (Å²) in [5, 5.41) is 9.66. The third kappa shape index (κ3) is 3.73. The molecule has 0 bridgehead atoms. The quantitative estimate of drug-likeness (QED) is 0.709. The lowest BCUT2D eigenvalue weighted by atomic mass is 9.98. The zero-order valence-electron chi connectivity index (χ0n) is 15.6. The average Bonchev–Trinajstić information content (AvgIpc) is 3.17. The van der Waals surface area contributed by atoms with Gasteiger partial charge in [-0.25, -0.2) is 13.5 Å². The summed E-state index contributed by atoms with van der Waals surface area (Å²) >= 11 is 0. The summed E-state index contributed by atoms with van der Waals surface area (Å²) in [5.74, 6) is -2.00. The van der Waals surface area contributed by atoms with Crippen LogP contribution in [-0.4, -0.2) is 21.6 Å². The van der Waals surface area contributed by atoms with Gasteiger partial charge in [-0.2, -0.15) is 5.10 Å². The Bertz CT molecular complexity index is 1090. The number of rotatable bonds is 4. The second kappa shape index (κ2) is 7.46. The van der Waals surface area contributed by atoms with Gasteiger partial charge in [-0.3, -0.25) is 9.59 Å². The van der Waals surface area contributed by atoms with E-state index in [4.69, 9.17) is 0 Å². The highest BCUT2D eigenvalue weighted by Gasteiger charge is 2.19. The Morgan fingerprint density at radius 3 is 2.69 bits per heavy atom. The van der Waals surface area contributed by atoms with Crippen LogP contribution < -0.4 is 10.6 Å². The van der Waals surface area contributed by atoms with Crippen LogP contribution in [0.25, 0.3) is 5.69 Å². The SMILES string of the molecule is CC(NC(=O)c1ccn(-c2c(F)cccc2F)n1)c1ccc2c(c1)CCC(=O)N2. The van der Waals surface area contributed by atoms with Gasteiger partial charge in [-0.15, -0.1) is 0 Å². The number of benzene rings is 2. The van der Waals surface area contributed by atoms with E-state index in [1.165, 1.54) is 18.3 Å². The Hall–Kier alpha value is -3.55. The average molecular weight is 396 g/mol. The predicted molar refractivity (Wildman–Crippen MR) is 103 cm³/mol. The Balaban J connectivity index is 1.50. The molecule has 2 N–H and O–H groups in total. The highest BCUT2D eigenvalue weighted by Crippen LogP contribution is 2.26. The van der Waals surface area contributed by atoms with E-state index in [9.17, 15) is 18.4 Å². The van der Waals surface area contributed by atoms with Crippen LogP contribution in [0.4, 0.5) is 14.5 Å². The van der Waals surface area contributed by atoms with Crippen LogP contribution in [0, 0.1) is 11.6 Å². The van der Waals surface area contributed by atoms with Gasteiger partial charge in [0.2, 0.25) is 5.91 Å². The molecule has 1 aliphatic heterocycles. The van der Waals surface area contributed by atoms with E-state index >= 15 is 0 Å². The van der Waals surface area contributed by atoms with Crippen molar-refractivity contribution in [2.24, 2.45) is 0 Å². The minimum Gasteiger partial charge on any atom is -0.344 e. The van der Waals surface area contributed by atoms with Gasteiger partial charge < -0.3 is 10.6 Å². The second-order valence-corrected chi connectivity index (χ2v) is 6.88. The molecule has 0 saturated heterocycles. The number of hydrogen-bond acceptors (Lipinski definition) is 3. The van der Waals surface area contributed by atoms with Crippen LogP contribution in [0.2, 0.25) is 0 Å². The van der Waals surface area contributed by atoms with Crippen molar-refractivity contribution in [1.82, 2.24) is 15.1 Å². The molecular formula is C21H18F2N4O2. The first-order valence-corrected chi connectivity index (χ1v) is 9.16. The molecule has 148 valence electrons. The molecule has 4 rings (SSSR count). The van der Waals surface area contributed by atoms with Gasteiger partial charge in [-0.05, 0) is 48.7 Å². The number of fused-ring (bicyclic) bond motifs is 1. The van der Waals surface area contributed by atoms with Crippen molar-refractivity contribution >= 4 is 17.5 Å². The molecule has 1 aliphatic rings. The lowest BCUT2D eigenvalue weighted by molar-refractivity contribution is -0.116. The molecule has 1 atom stereocenters. The molecule has 2 amide bonds. The number of aryl methyl sites for hydroxylation is 1. The van der Waals surface area contributed by atoms with Crippen LogP contribution in [-0.2, 0) is 11.2 Å². The molecule has 2 aromatic carbocycles. The number of halogens is 2. The number of nitrogens with one attached hydrogen (secondary N) is 2. The standard InChI is InChI=1S/C21H18F2N4O2/c1-12(13-5-7-17-14(11-13)6-8-19(28)25-17)24-21(29)18-9-10-27(26-18)20-15(22)3-2-4-16(20)23/h2-5,7,9-12H,6,8H2,1H3,(H,24,29)(H,25,28). The van der Waals surface area contributed by atoms with Gasteiger partial charge in [-0.1, -0.05) is 18.2 Å². The fourth-order valence-corrected chi connectivity index (χ4v) is 3.30. The fourth-order valence-electron chi connectivity index (χ4n) is 3.30. The predicted octanol–water partition coefficient (Wildman–Crippen LogP) is 3.53. The van der Waals surface area contributed by atoms with Crippen molar-refractivity contribution < 1.29 is 18.4 Å². The summed E-state index contributed by atoms with van der Waals surface area (Å²) in [7, 11) is 0. The van der Waals surface area contributed by atoms with Gasteiger partial charge in [0.25, 0.3) is 5.91 Å². The summed E-state index contributed by atoms with van der Waals surface area (Å²) in [6.45, 7) is 1.83. The molecule has 6 nitrogen and oxygen atoms in total. The smallest absolute Gasteiger partial charge is 0.272 e. The first-order valence-electron chi connectivity index (χ1n) is 9.16. The van der Waals surface area contributed by atoms with Crippen molar-refractivity contribution in [2.45, 2.75) is 25.8 Å². The summed E-state index contributed by atoms with van der Waals surface area (Å²) in [6.07, 6.45) is 2.41. The molecular weight excluding hydrogens is 378 g/mol. The molecule has 0 aliphatic carbocycles. The lowest BCUT2D eigenvalue weighted by Crippen LogP contribution is -2.27. The largest absolute Gasteiger partial charge is 0.344 e.